The Labute approximate surface area is 56.4 Å². The van der Waals surface area contributed by atoms with E-state index in [0.29, 0.717) is 17.9 Å². The summed E-state index contributed by atoms with van der Waals surface area (Å²) in [6, 6.07) is 0. The fraction of sp³-hybridized carbons (Fsp3) is 0.750. The second-order valence-electron chi connectivity index (χ2n) is 3.31. The topological polar surface area (TPSA) is 20.2 Å². The summed E-state index contributed by atoms with van der Waals surface area (Å²) >= 11 is 0. The lowest BCUT2D eigenvalue weighted by Gasteiger charge is -1.96. The highest BCUT2D eigenvalue weighted by molar-refractivity contribution is 5.32. The molecule has 1 saturated carbocycles. The number of aliphatic hydroxyl groups is 1. The van der Waals surface area contributed by atoms with Crippen LogP contribution in [0.25, 0.3) is 0 Å². The van der Waals surface area contributed by atoms with Crippen LogP contribution >= 0.6 is 0 Å². The number of hydrogen-bond acceptors (Lipinski definition) is 1. The van der Waals surface area contributed by atoms with Crippen molar-refractivity contribution >= 4 is 0 Å². The highest BCUT2D eigenvalue weighted by Gasteiger charge is 2.49. The Hall–Kier alpha value is -0.300. The van der Waals surface area contributed by atoms with Crippen molar-refractivity contribution in [3.05, 3.63) is 12.2 Å². The zero-order chi connectivity index (χ0) is 7.07. The van der Waals surface area contributed by atoms with Crippen LogP contribution in [-0.4, -0.2) is 11.7 Å². The number of aliphatic hydroxyl groups excluding tert-OH is 1. The van der Waals surface area contributed by atoms with Gasteiger partial charge < -0.3 is 5.11 Å². The Morgan fingerprint density at radius 3 is 2.22 bits per heavy atom. The van der Waals surface area contributed by atoms with Crippen LogP contribution in [-0.2, 0) is 0 Å². The molecule has 1 aliphatic rings. The van der Waals surface area contributed by atoms with Crippen molar-refractivity contribution in [3.8, 4) is 0 Å². The zero-order valence-electron chi connectivity index (χ0n) is 6.15. The first-order chi connectivity index (χ1) is 4.10. The molecule has 0 spiro atoms. The molecule has 1 fully saturated rings. The molecule has 0 heterocycles. The molecule has 1 N–H and O–H groups in total. The third kappa shape index (κ3) is 0.897. The van der Waals surface area contributed by atoms with Gasteiger partial charge in [0.1, 0.15) is 0 Å². The maximum atomic E-state index is 8.59. The van der Waals surface area contributed by atoms with Crippen LogP contribution in [0.5, 0.6) is 0 Å². The van der Waals surface area contributed by atoms with E-state index in [2.05, 4.69) is 20.4 Å². The minimum Gasteiger partial charge on any atom is -0.396 e. The van der Waals surface area contributed by atoms with Gasteiger partial charge in [0.15, 0.2) is 0 Å². The molecular formula is C8H14O. The van der Waals surface area contributed by atoms with Gasteiger partial charge in [-0.25, -0.2) is 0 Å². The predicted octanol–water partition coefficient (Wildman–Crippen LogP) is 1.58. The minimum absolute atomic E-state index is 0.299. The van der Waals surface area contributed by atoms with E-state index in [1.807, 2.05) is 0 Å². The van der Waals surface area contributed by atoms with Gasteiger partial charge in [-0.2, -0.15) is 0 Å². The van der Waals surface area contributed by atoms with E-state index in [4.69, 9.17) is 5.11 Å². The van der Waals surface area contributed by atoms with Crippen LogP contribution in [0.1, 0.15) is 20.3 Å². The lowest BCUT2D eigenvalue weighted by Crippen LogP contribution is -1.92. The summed E-state index contributed by atoms with van der Waals surface area (Å²) in [5.41, 5.74) is 1.62. The first-order valence-electron chi connectivity index (χ1n) is 3.41. The summed E-state index contributed by atoms with van der Waals surface area (Å²) in [5.74, 6) is 0.586. The largest absolute Gasteiger partial charge is 0.396 e. The van der Waals surface area contributed by atoms with E-state index < -0.39 is 0 Å². The summed E-state index contributed by atoms with van der Waals surface area (Å²) in [5, 5.41) is 8.59. The van der Waals surface area contributed by atoms with Crippen molar-refractivity contribution in [1.82, 2.24) is 0 Å². The van der Waals surface area contributed by atoms with Gasteiger partial charge >= 0.3 is 0 Å². The van der Waals surface area contributed by atoms with Gasteiger partial charge in [-0.05, 0) is 17.8 Å². The molecule has 0 aliphatic heterocycles. The molecule has 0 aromatic carbocycles. The predicted molar refractivity (Wildman–Crippen MR) is 38.1 cm³/mol. The Balaban J connectivity index is 2.43. The first-order valence-corrected chi connectivity index (χ1v) is 3.41. The van der Waals surface area contributed by atoms with Crippen molar-refractivity contribution in [2.45, 2.75) is 20.3 Å². The molecule has 1 heteroatoms. The molecule has 9 heavy (non-hydrogen) atoms. The van der Waals surface area contributed by atoms with Gasteiger partial charge in [0, 0.05) is 6.61 Å². The third-order valence-electron chi connectivity index (χ3n) is 2.45. The highest BCUT2D eigenvalue weighted by atomic mass is 16.3. The van der Waals surface area contributed by atoms with Crippen LogP contribution in [0.3, 0.4) is 0 Å². The standard InChI is InChI=1S/C8H14O/c1-6-7(4-5-9)8(6,2)3/h7,9H,1,4-5H2,2-3H3. The molecule has 0 aromatic heterocycles. The van der Waals surface area contributed by atoms with Gasteiger partial charge in [-0.15, -0.1) is 0 Å². The average Bonchev–Trinajstić information content (AvgIpc) is 2.19. The highest BCUT2D eigenvalue weighted by Crippen LogP contribution is 2.58. The smallest absolute Gasteiger partial charge is 0.0437 e. The van der Waals surface area contributed by atoms with E-state index in [1.165, 1.54) is 5.57 Å². The summed E-state index contributed by atoms with van der Waals surface area (Å²) in [6.07, 6.45) is 0.895. The maximum Gasteiger partial charge on any atom is 0.0437 e. The summed E-state index contributed by atoms with van der Waals surface area (Å²) < 4.78 is 0. The van der Waals surface area contributed by atoms with Gasteiger partial charge in [-0.1, -0.05) is 26.0 Å². The molecule has 0 aromatic rings. The Morgan fingerprint density at radius 1 is 1.67 bits per heavy atom. The fourth-order valence-corrected chi connectivity index (χ4v) is 1.40. The number of hydrogen-bond donors (Lipinski definition) is 1. The maximum absolute atomic E-state index is 8.59. The number of allylic oxidation sites excluding steroid dienone is 1. The first kappa shape index (κ1) is 6.81. The molecule has 1 aliphatic carbocycles. The van der Waals surface area contributed by atoms with Crippen molar-refractivity contribution in [3.63, 3.8) is 0 Å². The monoisotopic (exact) mass is 126 g/mol. The molecule has 0 bridgehead atoms. The molecule has 1 atom stereocenters. The SMILES string of the molecule is C=C1C(CCO)C1(C)C. The number of rotatable bonds is 2. The van der Waals surface area contributed by atoms with E-state index in [0.717, 1.165) is 6.42 Å². The van der Waals surface area contributed by atoms with E-state index >= 15 is 0 Å². The molecule has 52 valence electrons. The lowest BCUT2D eigenvalue weighted by molar-refractivity contribution is 0.272. The molecule has 0 amide bonds. The van der Waals surface area contributed by atoms with Crippen molar-refractivity contribution < 1.29 is 5.11 Å². The third-order valence-corrected chi connectivity index (χ3v) is 2.45. The average molecular weight is 126 g/mol. The van der Waals surface area contributed by atoms with E-state index in [1.54, 1.807) is 0 Å². The van der Waals surface area contributed by atoms with Crippen molar-refractivity contribution in [2.24, 2.45) is 11.3 Å². The second kappa shape index (κ2) is 1.84. The quantitative estimate of drug-likeness (QED) is 0.557. The molecule has 1 unspecified atom stereocenters. The van der Waals surface area contributed by atoms with Crippen LogP contribution in [0, 0.1) is 11.3 Å². The molecule has 0 radical (unpaired) electrons. The van der Waals surface area contributed by atoms with E-state index in [9.17, 15) is 0 Å². The molecule has 1 nitrogen and oxygen atoms in total. The van der Waals surface area contributed by atoms with Crippen molar-refractivity contribution in [1.29, 1.82) is 0 Å². The minimum atomic E-state index is 0.299. The van der Waals surface area contributed by atoms with Gasteiger partial charge in [0.2, 0.25) is 0 Å². The second-order valence-corrected chi connectivity index (χ2v) is 3.31. The molecule has 0 saturated heterocycles. The van der Waals surface area contributed by atoms with Crippen LogP contribution in [0.15, 0.2) is 12.2 Å². The fourth-order valence-electron chi connectivity index (χ4n) is 1.40. The van der Waals surface area contributed by atoms with Crippen molar-refractivity contribution in [2.75, 3.05) is 6.61 Å². The van der Waals surface area contributed by atoms with Crippen LogP contribution in [0.4, 0.5) is 0 Å². The summed E-state index contributed by atoms with van der Waals surface area (Å²) in [7, 11) is 0. The normalized spacial score (nSPS) is 30.6. The lowest BCUT2D eigenvalue weighted by atomic mass is 10.1. The van der Waals surface area contributed by atoms with Gasteiger partial charge in [-0.3, -0.25) is 0 Å². The van der Waals surface area contributed by atoms with E-state index in [-0.39, 0.29) is 0 Å². The zero-order valence-corrected chi connectivity index (χ0v) is 6.15. The van der Waals surface area contributed by atoms with Gasteiger partial charge in [0.25, 0.3) is 0 Å². The van der Waals surface area contributed by atoms with Gasteiger partial charge in [0.05, 0.1) is 0 Å². The van der Waals surface area contributed by atoms with Crippen LogP contribution in [0.2, 0.25) is 0 Å². The Morgan fingerprint density at radius 2 is 2.11 bits per heavy atom. The summed E-state index contributed by atoms with van der Waals surface area (Å²) in [6.45, 7) is 8.56. The molecule has 1 rings (SSSR count). The summed E-state index contributed by atoms with van der Waals surface area (Å²) in [4.78, 5) is 0. The van der Waals surface area contributed by atoms with Crippen LogP contribution < -0.4 is 0 Å². The molecular weight excluding hydrogens is 112 g/mol. The Kier molecular flexibility index (Phi) is 1.39. The Bertz CT molecular complexity index is 136.